The van der Waals surface area contributed by atoms with Gasteiger partial charge in [-0.25, -0.2) is 10.7 Å². The number of aliphatic hydroxyl groups excluding tert-OH is 1. The summed E-state index contributed by atoms with van der Waals surface area (Å²) in [6.45, 7) is 3.73. The molecule has 2 aromatic carbocycles. The van der Waals surface area contributed by atoms with Crippen molar-refractivity contribution < 1.29 is 19.5 Å². The second-order valence-corrected chi connectivity index (χ2v) is 7.04. The highest BCUT2D eigenvalue weighted by atomic mass is 16.6. The number of aromatic amines is 2. The third kappa shape index (κ3) is 5.40. The molecule has 0 aliphatic heterocycles. The smallest absolute Gasteiger partial charge is 0.323 e. The average Bonchev–Trinajstić information content (AvgIpc) is 3.13. The van der Waals surface area contributed by atoms with Crippen molar-refractivity contribution in [1.82, 2.24) is 9.97 Å². The number of nitrogens with zero attached hydrogens (tertiary/aromatic N) is 1. The Labute approximate surface area is 182 Å². The first kappa shape index (κ1) is 22.7. The Morgan fingerprint density at radius 1 is 1.16 bits per heavy atom. The number of amides is 2. The van der Waals surface area contributed by atoms with Crippen LogP contribution in [0.5, 0.6) is 0 Å². The number of aliphatic hydroxyl groups is 1. The Balaban J connectivity index is 1.70. The number of hydrogen-bond donors (Lipinski definition) is 6. The summed E-state index contributed by atoms with van der Waals surface area (Å²) in [5.41, 5.74) is 8.28. The maximum atomic E-state index is 12.9. The molecule has 32 heavy (non-hydrogen) atoms. The molecule has 8 N–H and O–H groups in total. The number of H-pyrrole nitrogens is 2. The van der Waals surface area contributed by atoms with Crippen LogP contribution in [0.2, 0.25) is 0 Å². The molecule has 0 bridgehead atoms. The minimum Gasteiger partial charge on any atom is -0.399 e. The number of nitrogens with one attached hydrogen (secondary N) is 3. The van der Waals surface area contributed by atoms with Crippen LogP contribution in [0.3, 0.4) is 0 Å². The van der Waals surface area contributed by atoms with Crippen molar-refractivity contribution in [2.45, 2.75) is 12.5 Å². The fourth-order valence-electron chi connectivity index (χ4n) is 3.09. The standard InChI is InChI=1S/C21H24N6O5/c1-12(22)13-2-4-14(5-3-13)24-20(30)18(28)11-19(29)27(8-9-32-23)15-6-7-16-17(10-15)26-21(31)25-16/h2-7,10,18,28H,1,8-9,11,22-23H2,(H,24,30)(H2,25,26,31)/t18-/m1/s1. The van der Waals surface area contributed by atoms with Gasteiger partial charge in [0.15, 0.2) is 0 Å². The van der Waals surface area contributed by atoms with Gasteiger partial charge in [0.2, 0.25) is 5.91 Å². The van der Waals surface area contributed by atoms with Gasteiger partial charge in [-0.05, 0) is 35.9 Å². The van der Waals surface area contributed by atoms with Crippen LogP contribution in [0.4, 0.5) is 11.4 Å². The fraction of sp³-hybridized carbons (Fsp3) is 0.190. The van der Waals surface area contributed by atoms with Crippen molar-refractivity contribution in [3.05, 3.63) is 65.1 Å². The summed E-state index contributed by atoms with van der Waals surface area (Å²) >= 11 is 0. The highest BCUT2D eigenvalue weighted by Gasteiger charge is 2.24. The molecule has 1 aromatic heterocycles. The molecule has 0 radical (unpaired) electrons. The molecule has 0 spiro atoms. The van der Waals surface area contributed by atoms with Gasteiger partial charge in [-0.15, -0.1) is 0 Å². The first-order valence-corrected chi connectivity index (χ1v) is 9.66. The number of rotatable bonds is 9. The zero-order valence-electron chi connectivity index (χ0n) is 17.1. The highest BCUT2D eigenvalue weighted by molar-refractivity contribution is 6.01. The zero-order chi connectivity index (χ0) is 23.3. The second kappa shape index (κ2) is 9.92. The number of imidazole rings is 1. The molecule has 0 saturated carbocycles. The van der Waals surface area contributed by atoms with Gasteiger partial charge < -0.3 is 35.9 Å². The monoisotopic (exact) mass is 440 g/mol. The minimum absolute atomic E-state index is 0.0223. The Bertz CT molecular complexity index is 1180. The van der Waals surface area contributed by atoms with Gasteiger partial charge in [-0.1, -0.05) is 18.7 Å². The van der Waals surface area contributed by atoms with Crippen molar-refractivity contribution >= 4 is 39.9 Å². The third-order valence-corrected chi connectivity index (χ3v) is 4.74. The lowest BCUT2D eigenvalue weighted by Gasteiger charge is -2.23. The number of hydrogen-bond acceptors (Lipinski definition) is 7. The number of anilines is 2. The molecule has 11 nitrogen and oxygen atoms in total. The van der Waals surface area contributed by atoms with Gasteiger partial charge in [0.25, 0.3) is 5.91 Å². The molecule has 0 saturated heterocycles. The number of carbonyl (C=O) groups is 2. The van der Waals surface area contributed by atoms with E-state index in [9.17, 15) is 19.5 Å². The van der Waals surface area contributed by atoms with E-state index in [0.717, 1.165) is 0 Å². The van der Waals surface area contributed by atoms with Crippen LogP contribution in [-0.2, 0) is 14.4 Å². The van der Waals surface area contributed by atoms with Crippen LogP contribution >= 0.6 is 0 Å². The molecule has 0 fully saturated rings. The lowest BCUT2D eigenvalue weighted by atomic mass is 10.1. The maximum absolute atomic E-state index is 12.9. The number of nitrogens with two attached hydrogens (primary N) is 2. The first-order valence-electron chi connectivity index (χ1n) is 9.66. The summed E-state index contributed by atoms with van der Waals surface area (Å²) in [5, 5.41) is 12.8. The molecule has 2 amide bonds. The molecular weight excluding hydrogens is 416 g/mol. The molecule has 168 valence electrons. The van der Waals surface area contributed by atoms with Gasteiger partial charge in [0.1, 0.15) is 6.10 Å². The minimum atomic E-state index is -1.59. The van der Waals surface area contributed by atoms with Crippen LogP contribution in [0.25, 0.3) is 16.7 Å². The average molecular weight is 440 g/mol. The molecular formula is C21H24N6O5. The summed E-state index contributed by atoms with van der Waals surface area (Å²) in [6.07, 6.45) is -2.07. The van der Waals surface area contributed by atoms with Crippen molar-refractivity contribution in [3.8, 4) is 0 Å². The molecule has 0 unspecified atom stereocenters. The summed E-state index contributed by atoms with van der Waals surface area (Å²) in [5.74, 6) is 3.83. The van der Waals surface area contributed by atoms with Crippen LogP contribution in [0.15, 0.2) is 53.8 Å². The van der Waals surface area contributed by atoms with Crippen molar-refractivity contribution in [2.24, 2.45) is 11.6 Å². The van der Waals surface area contributed by atoms with Crippen LogP contribution in [0, 0.1) is 0 Å². The van der Waals surface area contributed by atoms with E-state index < -0.39 is 24.3 Å². The van der Waals surface area contributed by atoms with E-state index in [-0.39, 0.29) is 18.8 Å². The second-order valence-electron chi connectivity index (χ2n) is 7.04. The number of benzene rings is 2. The van der Waals surface area contributed by atoms with Crippen LogP contribution in [-0.4, -0.2) is 46.1 Å². The number of aromatic nitrogens is 2. The topological polar surface area (TPSA) is 180 Å². The summed E-state index contributed by atoms with van der Waals surface area (Å²) in [6, 6.07) is 11.4. The van der Waals surface area contributed by atoms with Gasteiger partial charge in [0, 0.05) is 17.1 Å². The van der Waals surface area contributed by atoms with Gasteiger partial charge in [-0.3, -0.25) is 9.59 Å². The van der Waals surface area contributed by atoms with Gasteiger partial charge >= 0.3 is 5.69 Å². The SMILES string of the molecule is C=C(N)c1ccc(NC(=O)[C@H](O)CC(=O)N(CCON)c2ccc3[nH]c(=O)[nH]c3c2)cc1. The summed E-state index contributed by atoms with van der Waals surface area (Å²) < 4.78 is 0. The Hall–Kier alpha value is -3.93. The van der Waals surface area contributed by atoms with E-state index in [1.165, 1.54) is 4.90 Å². The van der Waals surface area contributed by atoms with Gasteiger partial charge in [-0.2, -0.15) is 0 Å². The van der Waals surface area contributed by atoms with E-state index in [2.05, 4.69) is 26.7 Å². The maximum Gasteiger partial charge on any atom is 0.323 e. The molecule has 3 aromatic rings. The lowest BCUT2D eigenvalue weighted by molar-refractivity contribution is -0.130. The summed E-state index contributed by atoms with van der Waals surface area (Å²) in [4.78, 5) is 47.8. The Kier molecular flexibility index (Phi) is 7.05. The third-order valence-electron chi connectivity index (χ3n) is 4.74. The highest BCUT2D eigenvalue weighted by Crippen LogP contribution is 2.21. The molecule has 0 aliphatic rings. The largest absolute Gasteiger partial charge is 0.399 e. The molecule has 1 heterocycles. The van der Waals surface area contributed by atoms with Crippen molar-refractivity contribution in [2.75, 3.05) is 23.4 Å². The van der Waals surface area contributed by atoms with Crippen LogP contribution < -0.4 is 27.5 Å². The first-order chi connectivity index (χ1) is 15.3. The lowest BCUT2D eigenvalue weighted by Crippen LogP contribution is -2.39. The van der Waals surface area contributed by atoms with E-state index >= 15 is 0 Å². The predicted octanol–water partition coefficient (Wildman–Crippen LogP) is 0.399. The van der Waals surface area contributed by atoms with Gasteiger partial charge in [0.05, 0.1) is 30.6 Å². The predicted molar refractivity (Wildman–Crippen MR) is 120 cm³/mol. The molecule has 0 aliphatic carbocycles. The van der Waals surface area contributed by atoms with E-state index in [0.29, 0.717) is 33.7 Å². The van der Waals surface area contributed by atoms with E-state index in [4.69, 9.17) is 11.6 Å². The van der Waals surface area contributed by atoms with Crippen LogP contribution in [0.1, 0.15) is 12.0 Å². The number of carbonyl (C=O) groups excluding carboxylic acids is 2. The molecule has 11 heteroatoms. The number of fused-ring (bicyclic) bond motifs is 1. The molecule has 3 rings (SSSR count). The normalized spacial score (nSPS) is 11.8. The van der Waals surface area contributed by atoms with E-state index in [1.54, 1.807) is 42.5 Å². The Morgan fingerprint density at radius 3 is 2.50 bits per heavy atom. The van der Waals surface area contributed by atoms with Crippen molar-refractivity contribution in [3.63, 3.8) is 0 Å². The zero-order valence-corrected chi connectivity index (χ0v) is 17.1. The van der Waals surface area contributed by atoms with Crippen molar-refractivity contribution in [1.29, 1.82) is 0 Å². The summed E-state index contributed by atoms with van der Waals surface area (Å²) in [7, 11) is 0. The van der Waals surface area contributed by atoms with E-state index in [1.807, 2.05) is 0 Å². The Morgan fingerprint density at radius 2 is 1.84 bits per heavy atom. The molecule has 1 atom stereocenters. The fourth-order valence-corrected chi connectivity index (χ4v) is 3.09. The quantitative estimate of drug-likeness (QED) is 0.260.